The molecule has 0 nitrogen and oxygen atoms in total. The third-order valence-electron chi connectivity index (χ3n) is 3.84. The molecular weight excluding hydrogens is 273 g/mol. The van der Waals surface area contributed by atoms with Crippen LogP contribution in [0.1, 0.15) is 29.0 Å². The highest BCUT2D eigenvalue weighted by Gasteiger charge is 2.37. The number of alkyl halides is 3. The lowest BCUT2D eigenvalue weighted by Crippen LogP contribution is -2.04. The molecule has 3 rings (SSSR count). The minimum Gasteiger partial charge on any atom is -0.166 e. The first-order valence-electron chi connectivity index (χ1n) is 6.94. The molecule has 3 heteroatoms. The van der Waals surface area contributed by atoms with Crippen molar-refractivity contribution in [3.8, 4) is 0 Å². The van der Waals surface area contributed by atoms with Gasteiger partial charge >= 0.3 is 6.18 Å². The van der Waals surface area contributed by atoms with Gasteiger partial charge in [-0.05, 0) is 41.5 Å². The Morgan fingerprint density at radius 3 is 2.19 bits per heavy atom. The Hall–Kier alpha value is -2.03. The molecule has 1 saturated carbocycles. The lowest BCUT2D eigenvalue weighted by Gasteiger charge is -2.07. The van der Waals surface area contributed by atoms with Crippen molar-refractivity contribution in [2.24, 2.45) is 5.92 Å². The quantitative estimate of drug-likeness (QED) is 0.697. The van der Waals surface area contributed by atoms with Crippen LogP contribution in [0.15, 0.2) is 60.7 Å². The molecule has 0 radical (unpaired) electrons. The van der Waals surface area contributed by atoms with Crippen LogP contribution in [-0.4, -0.2) is 0 Å². The minimum atomic E-state index is -4.26. The maximum Gasteiger partial charge on any atom is 0.416 e. The number of hydrogen-bond donors (Lipinski definition) is 0. The summed E-state index contributed by atoms with van der Waals surface area (Å²) >= 11 is 0. The van der Waals surface area contributed by atoms with Crippen LogP contribution >= 0.6 is 0 Å². The maximum absolute atomic E-state index is 12.5. The third kappa shape index (κ3) is 3.35. The molecule has 21 heavy (non-hydrogen) atoms. The summed E-state index contributed by atoms with van der Waals surface area (Å²) in [6.07, 6.45) is 0.982. The molecule has 0 unspecified atom stereocenters. The highest BCUT2D eigenvalue weighted by molar-refractivity contribution is 5.50. The number of hydrogen-bond acceptors (Lipinski definition) is 0. The number of rotatable bonds is 3. The van der Waals surface area contributed by atoms with E-state index in [1.54, 1.807) is 12.1 Å². The molecule has 1 fully saturated rings. The van der Waals surface area contributed by atoms with E-state index in [0.29, 0.717) is 11.8 Å². The standard InChI is InChI=1S/C18H15F3/c19-18(20,21)16-10-8-14(9-11-16)17-12-15(17)7-6-13-4-2-1-3-5-13/h1-11,15,17H,12H2/b7-6+/t15-,17-/m0/s1. The monoisotopic (exact) mass is 288 g/mol. The molecule has 0 bridgehead atoms. The fourth-order valence-electron chi connectivity index (χ4n) is 2.53. The molecule has 0 saturated heterocycles. The van der Waals surface area contributed by atoms with Crippen molar-refractivity contribution in [1.82, 2.24) is 0 Å². The van der Waals surface area contributed by atoms with E-state index in [2.05, 4.69) is 12.2 Å². The van der Waals surface area contributed by atoms with Crippen LogP contribution in [0, 0.1) is 5.92 Å². The van der Waals surface area contributed by atoms with Gasteiger partial charge in [0.2, 0.25) is 0 Å². The molecule has 0 aliphatic heterocycles. The highest BCUT2D eigenvalue weighted by atomic mass is 19.4. The van der Waals surface area contributed by atoms with E-state index in [1.807, 2.05) is 30.3 Å². The Morgan fingerprint density at radius 2 is 1.57 bits per heavy atom. The highest BCUT2D eigenvalue weighted by Crippen LogP contribution is 2.48. The van der Waals surface area contributed by atoms with Gasteiger partial charge in [-0.15, -0.1) is 0 Å². The largest absolute Gasteiger partial charge is 0.416 e. The Kier molecular flexibility index (Phi) is 3.58. The lowest BCUT2D eigenvalue weighted by atomic mass is 10.1. The molecule has 108 valence electrons. The summed E-state index contributed by atoms with van der Waals surface area (Å²) in [4.78, 5) is 0. The van der Waals surface area contributed by atoms with E-state index in [9.17, 15) is 13.2 Å². The van der Waals surface area contributed by atoms with Gasteiger partial charge in [-0.2, -0.15) is 13.2 Å². The van der Waals surface area contributed by atoms with Gasteiger partial charge in [0, 0.05) is 0 Å². The first-order valence-corrected chi connectivity index (χ1v) is 6.94. The zero-order valence-electron chi connectivity index (χ0n) is 11.3. The second-order valence-electron chi connectivity index (χ2n) is 5.40. The second kappa shape index (κ2) is 5.40. The van der Waals surface area contributed by atoms with Crippen molar-refractivity contribution in [3.05, 3.63) is 77.4 Å². The summed E-state index contributed by atoms with van der Waals surface area (Å²) in [7, 11) is 0. The van der Waals surface area contributed by atoms with Gasteiger partial charge in [0.1, 0.15) is 0 Å². The normalized spacial score (nSPS) is 21.7. The molecule has 2 aromatic carbocycles. The fraction of sp³-hybridized carbons (Fsp3) is 0.222. The van der Waals surface area contributed by atoms with Gasteiger partial charge in [0.15, 0.2) is 0 Å². The van der Waals surface area contributed by atoms with Gasteiger partial charge in [-0.3, -0.25) is 0 Å². The summed E-state index contributed by atoms with van der Waals surface area (Å²) in [5.74, 6) is 0.786. The fourth-order valence-corrected chi connectivity index (χ4v) is 2.53. The van der Waals surface area contributed by atoms with Crippen LogP contribution < -0.4 is 0 Å². The van der Waals surface area contributed by atoms with Crippen molar-refractivity contribution in [1.29, 1.82) is 0 Å². The zero-order valence-corrected chi connectivity index (χ0v) is 11.3. The van der Waals surface area contributed by atoms with Crippen LogP contribution in [0.3, 0.4) is 0 Å². The molecule has 2 aromatic rings. The summed E-state index contributed by atoms with van der Waals surface area (Å²) in [5, 5.41) is 0. The van der Waals surface area contributed by atoms with Gasteiger partial charge in [0.25, 0.3) is 0 Å². The van der Waals surface area contributed by atoms with Gasteiger partial charge in [-0.25, -0.2) is 0 Å². The van der Waals surface area contributed by atoms with E-state index < -0.39 is 11.7 Å². The van der Waals surface area contributed by atoms with E-state index in [0.717, 1.165) is 17.5 Å². The van der Waals surface area contributed by atoms with E-state index >= 15 is 0 Å². The zero-order chi connectivity index (χ0) is 14.9. The van der Waals surface area contributed by atoms with Gasteiger partial charge in [0.05, 0.1) is 5.56 Å². The van der Waals surface area contributed by atoms with Crippen LogP contribution in [-0.2, 0) is 6.18 Å². The predicted molar refractivity (Wildman–Crippen MR) is 77.8 cm³/mol. The summed E-state index contributed by atoms with van der Waals surface area (Å²) in [6.45, 7) is 0. The van der Waals surface area contributed by atoms with Gasteiger partial charge < -0.3 is 0 Å². The minimum absolute atomic E-state index is 0.354. The number of benzene rings is 2. The van der Waals surface area contributed by atoms with Crippen LogP contribution in [0.2, 0.25) is 0 Å². The summed E-state index contributed by atoms with van der Waals surface area (Å²) < 4.78 is 37.5. The Labute approximate surface area is 121 Å². The van der Waals surface area contributed by atoms with Crippen molar-refractivity contribution < 1.29 is 13.2 Å². The van der Waals surface area contributed by atoms with Crippen LogP contribution in [0.4, 0.5) is 13.2 Å². The topological polar surface area (TPSA) is 0 Å². The first-order chi connectivity index (χ1) is 10.0. The molecule has 2 atom stereocenters. The first kappa shape index (κ1) is 13.9. The molecule has 0 N–H and O–H groups in total. The summed E-state index contributed by atoms with van der Waals surface area (Å²) in [5.41, 5.74) is 1.56. The predicted octanol–water partition coefficient (Wildman–Crippen LogP) is 5.52. The molecule has 0 heterocycles. The van der Waals surface area contributed by atoms with Crippen molar-refractivity contribution in [2.45, 2.75) is 18.5 Å². The second-order valence-corrected chi connectivity index (χ2v) is 5.40. The van der Waals surface area contributed by atoms with Crippen molar-refractivity contribution >= 4 is 6.08 Å². The van der Waals surface area contributed by atoms with E-state index in [1.165, 1.54) is 12.1 Å². The SMILES string of the molecule is FC(F)(F)c1ccc([C@@H]2C[C@@H]2/C=C/c2ccccc2)cc1. The average Bonchev–Trinajstić information content (AvgIpc) is 3.25. The molecule has 0 amide bonds. The van der Waals surface area contributed by atoms with Crippen molar-refractivity contribution in [3.63, 3.8) is 0 Å². The molecule has 1 aliphatic carbocycles. The Bertz CT molecular complexity index is 624. The number of allylic oxidation sites excluding steroid dienone is 1. The third-order valence-corrected chi connectivity index (χ3v) is 3.84. The van der Waals surface area contributed by atoms with E-state index in [-0.39, 0.29) is 0 Å². The van der Waals surface area contributed by atoms with Crippen LogP contribution in [0.5, 0.6) is 0 Å². The Morgan fingerprint density at radius 1 is 0.905 bits per heavy atom. The Balaban J connectivity index is 1.64. The maximum atomic E-state index is 12.5. The lowest BCUT2D eigenvalue weighted by molar-refractivity contribution is -0.137. The average molecular weight is 288 g/mol. The molecule has 0 aromatic heterocycles. The molecule has 0 spiro atoms. The number of halogens is 3. The molecule has 1 aliphatic rings. The van der Waals surface area contributed by atoms with E-state index in [4.69, 9.17) is 0 Å². The molecular formula is C18H15F3. The summed E-state index contributed by atoms with van der Waals surface area (Å²) in [6, 6.07) is 15.6. The van der Waals surface area contributed by atoms with Crippen LogP contribution in [0.25, 0.3) is 6.08 Å². The smallest absolute Gasteiger partial charge is 0.166 e. The van der Waals surface area contributed by atoms with Crippen molar-refractivity contribution in [2.75, 3.05) is 0 Å². The van der Waals surface area contributed by atoms with Gasteiger partial charge in [-0.1, -0.05) is 54.6 Å².